The van der Waals surface area contributed by atoms with Gasteiger partial charge in [0.2, 0.25) is 0 Å². The Morgan fingerprint density at radius 3 is 2.22 bits per heavy atom. The third kappa shape index (κ3) is 8.43. The first kappa shape index (κ1) is 9.43. The minimum Gasteiger partial charge on any atom is -0.0810 e. The zero-order chi connectivity index (χ0) is 6.95. The summed E-state index contributed by atoms with van der Waals surface area (Å²) in [5.74, 6) is 0. The van der Waals surface area contributed by atoms with Crippen LogP contribution in [0.5, 0.6) is 0 Å². The van der Waals surface area contributed by atoms with E-state index < -0.39 is 0 Å². The fourth-order valence-corrected chi connectivity index (χ4v) is 1.73. The van der Waals surface area contributed by atoms with Gasteiger partial charge in [0, 0.05) is 0 Å². The highest BCUT2D eigenvalue weighted by atomic mass is 31.1. The average molecular weight is 145 g/mol. The highest BCUT2D eigenvalue weighted by molar-refractivity contribution is 7.37. The molecule has 1 radical (unpaired) electrons. The molecule has 0 N–H and O–H groups in total. The second-order valence-electron chi connectivity index (χ2n) is 2.38. The molecular formula is C8H18P. The lowest BCUT2D eigenvalue weighted by atomic mass is 10.3. The van der Waals surface area contributed by atoms with Crippen LogP contribution in [-0.4, -0.2) is 12.3 Å². The smallest absolute Gasteiger partial charge is 0.0287 e. The van der Waals surface area contributed by atoms with Gasteiger partial charge >= 0.3 is 0 Å². The fourth-order valence-electron chi connectivity index (χ4n) is 0.744. The summed E-state index contributed by atoms with van der Waals surface area (Å²) in [7, 11) is 1.67. The lowest BCUT2D eigenvalue weighted by Crippen LogP contribution is -1.78. The van der Waals surface area contributed by atoms with E-state index in [9.17, 15) is 0 Å². The van der Waals surface area contributed by atoms with Crippen molar-refractivity contribution in [2.75, 3.05) is 12.3 Å². The molecule has 0 aromatic rings. The summed E-state index contributed by atoms with van der Waals surface area (Å²) < 4.78 is 0. The topological polar surface area (TPSA) is 0 Å². The van der Waals surface area contributed by atoms with Crippen molar-refractivity contribution in [3.05, 3.63) is 0 Å². The second kappa shape index (κ2) is 8.43. The maximum atomic E-state index is 2.26. The molecule has 0 saturated carbocycles. The summed E-state index contributed by atoms with van der Waals surface area (Å²) in [6, 6.07) is 0. The third-order valence-corrected chi connectivity index (χ3v) is 2.70. The number of hydrogen-bond donors (Lipinski definition) is 0. The maximum Gasteiger partial charge on any atom is -0.0287 e. The van der Waals surface area contributed by atoms with E-state index in [0.717, 1.165) is 0 Å². The molecule has 0 heterocycles. The molecule has 0 aromatic heterocycles. The van der Waals surface area contributed by atoms with Crippen LogP contribution in [0.4, 0.5) is 0 Å². The van der Waals surface area contributed by atoms with Crippen LogP contribution in [-0.2, 0) is 0 Å². The molecule has 0 aliphatic heterocycles. The van der Waals surface area contributed by atoms with Gasteiger partial charge in [-0.1, -0.05) is 41.7 Å². The highest BCUT2D eigenvalue weighted by Crippen LogP contribution is 2.13. The van der Waals surface area contributed by atoms with Gasteiger partial charge < -0.3 is 0 Å². The third-order valence-electron chi connectivity index (χ3n) is 1.30. The molecule has 0 aromatic carbocycles. The van der Waals surface area contributed by atoms with Crippen LogP contribution >= 0.6 is 8.58 Å². The number of hydrogen-bond acceptors (Lipinski definition) is 0. The van der Waals surface area contributed by atoms with Crippen molar-refractivity contribution in [1.29, 1.82) is 0 Å². The van der Waals surface area contributed by atoms with Gasteiger partial charge in [0.15, 0.2) is 0 Å². The predicted molar refractivity (Wildman–Crippen MR) is 46.5 cm³/mol. The molecule has 0 unspecified atom stereocenters. The summed E-state index contributed by atoms with van der Waals surface area (Å²) in [6.45, 7) is 4.52. The van der Waals surface area contributed by atoms with Crippen LogP contribution in [0, 0.1) is 0 Å². The van der Waals surface area contributed by atoms with E-state index in [1.54, 1.807) is 8.58 Å². The van der Waals surface area contributed by atoms with Crippen molar-refractivity contribution < 1.29 is 0 Å². The first-order valence-corrected chi connectivity index (χ1v) is 5.31. The Morgan fingerprint density at radius 1 is 0.889 bits per heavy atom. The fraction of sp³-hybridized carbons (Fsp3) is 1.00. The van der Waals surface area contributed by atoms with Crippen LogP contribution in [0.3, 0.4) is 0 Å². The highest BCUT2D eigenvalue weighted by Gasteiger charge is 1.86. The van der Waals surface area contributed by atoms with Gasteiger partial charge in [0.1, 0.15) is 0 Å². The van der Waals surface area contributed by atoms with E-state index in [0.29, 0.717) is 0 Å². The van der Waals surface area contributed by atoms with Crippen molar-refractivity contribution in [1.82, 2.24) is 0 Å². The van der Waals surface area contributed by atoms with E-state index >= 15 is 0 Å². The summed E-state index contributed by atoms with van der Waals surface area (Å²) >= 11 is 0. The van der Waals surface area contributed by atoms with E-state index in [1.165, 1.54) is 38.0 Å². The lowest BCUT2D eigenvalue weighted by Gasteiger charge is -1.95. The van der Waals surface area contributed by atoms with Crippen LogP contribution in [0.2, 0.25) is 0 Å². The molecule has 0 bridgehead atoms. The Balaban J connectivity index is 2.60. The Labute approximate surface area is 61.2 Å². The van der Waals surface area contributed by atoms with Crippen LogP contribution in [0.15, 0.2) is 0 Å². The lowest BCUT2D eigenvalue weighted by molar-refractivity contribution is 0.776. The van der Waals surface area contributed by atoms with Gasteiger partial charge in [-0.15, -0.1) is 0 Å². The van der Waals surface area contributed by atoms with Crippen LogP contribution in [0.1, 0.15) is 39.5 Å². The zero-order valence-corrected chi connectivity index (χ0v) is 7.58. The molecule has 0 rings (SSSR count). The second-order valence-corrected chi connectivity index (χ2v) is 3.72. The summed E-state index contributed by atoms with van der Waals surface area (Å²) in [5.41, 5.74) is 0. The van der Waals surface area contributed by atoms with Crippen molar-refractivity contribution in [3.63, 3.8) is 0 Å². The van der Waals surface area contributed by atoms with E-state index in [-0.39, 0.29) is 0 Å². The van der Waals surface area contributed by atoms with E-state index in [4.69, 9.17) is 0 Å². The predicted octanol–water partition coefficient (Wildman–Crippen LogP) is 3.53. The first-order valence-electron chi connectivity index (χ1n) is 4.05. The molecule has 1 heteroatoms. The summed E-state index contributed by atoms with van der Waals surface area (Å²) in [4.78, 5) is 0. The molecule has 0 aliphatic rings. The monoisotopic (exact) mass is 145 g/mol. The largest absolute Gasteiger partial charge is 0.0810 e. The van der Waals surface area contributed by atoms with Crippen molar-refractivity contribution in [2.45, 2.75) is 39.5 Å². The molecule has 55 valence electrons. The summed E-state index contributed by atoms with van der Waals surface area (Å²) in [5, 5.41) is 0. The quantitative estimate of drug-likeness (QED) is 0.396. The first-order chi connectivity index (χ1) is 4.41. The van der Waals surface area contributed by atoms with Crippen molar-refractivity contribution in [2.24, 2.45) is 0 Å². The molecule has 0 aliphatic carbocycles. The minimum absolute atomic E-state index is 1.35. The summed E-state index contributed by atoms with van der Waals surface area (Å²) in [6.07, 6.45) is 8.43. The molecule has 0 atom stereocenters. The van der Waals surface area contributed by atoms with Crippen molar-refractivity contribution in [3.8, 4) is 0 Å². The standard InChI is InChI=1S/C8H18P/c1-3-5-6-8-9-7-4-2/h3-8H2,1-2H3. The molecule has 0 saturated heterocycles. The molecular weight excluding hydrogens is 127 g/mol. The van der Waals surface area contributed by atoms with E-state index in [2.05, 4.69) is 13.8 Å². The molecule has 9 heavy (non-hydrogen) atoms. The van der Waals surface area contributed by atoms with Crippen molar-refractivity contribution >= 4 is 8.58 Å². The Kier molecular flexibility index (Phi) is 8.83. The molecule has 0 spiro atoms. The normalized spacial score (nSPS) is 11.3. The Bertz CT molecular complexity index is 37.8. The molecule has 0 amide bonds. The SMILES string of the molecule is CCCCC[P]CCC. The average Bonchev–Trinajstić information content (AvgIpc) is 1.89. The number of rotatable bonds is 6. The molecule has 0 fully saturated rings. The van der Waals surface area contributed by atoms with Gasteiger partial charge in [0.25, 0.3) is 0 Å². The van der Waals surface area contributed by atoms with Crippen LogP contribution < -0.4 is 0 Å². The van der Waals surface area contributed by atoms with Crippen LogP contribution in [0.25, 0.3) is 0 Å². The van der Waals surface area contributed by atoms with E-state index in [1.807, 2.05) is 0 Å². The van der Waals surface area contributed by atoms with Gasteiger partial charge in [-0.3, -0.25) is 0 Å². The van der Waals surface area contributed by atoms with Gasteiger partial charge in [-0.2, -0.15) is 0 Å². The maximum absolute atomic E-state index is 2.26. The zero-order valence-electron chi connectivity index (χ0n) is 6.69. The molecule has 0 nitrogen and oxygen atoms in total. The van der Waals surface area contributed by atoms with Gasteiger partial charge in [-0.05, 0) is 18.7 Å². The minimum atomic E-state index is 1.35. The van der Waals surface area contributed by atoms with Gasteiger partial charge in [-0.25, -0.2) is 0 Å². The Morgan fingerprint density at radius 2 is 1.67 bits per heavy atom. The van der Waals surface area contributed by atoms with Gasteiger partial charge in [0.05, 0.1) is 0 Å². The number of unbranched alkanes of at least 4 members (excludes halogenated alkanes) is 2. The Hall–Kier alpha value is 0.430.